The highest BCUT2D eigenvalue weighted by Gasteiger charge is 2.19. The third kappa shape index (κ3) is 3.96. The number of benzene rings is 3. The van der Waals surface area contributed by atoms with Crippen molar-refractivity contribution in [3.05, 3.63) is 76.6 Å². The van der Waals surface area contributed by atoms with Gasteiger partial charge in [0.1, 0.15) is 0 Å². The van der Waals surface area contributed by atoms with E-state index in [1.807, 2.05) is 81.4 Å². The third-order valence-corrected chi connectivity index (χ3v) is 6.16. The van der Waals surface area contributed by atoms with E-state index < -0.39 is 5.25 Å². The molecule has 5 nitrogen and oxygen atoms in total. The zero-order valence-corrected chi connectivity index (χ0v) is 18.0. The zero-order chi connectivity index (χ0) is 21.3. The number of fused-ring (bicyclic) bond motifs is 2. The maximum atomic E-state index is 13.1. The van der Waals surface area contributed by atoms with Gasteiger partial charge in [-0.1, -0.05) is 53.7 Å². The summed E-state index contributed by atoms with van der Waals surface area (Å²) in [6, 6.07) is 19.4. The number of hydrogen-bond acceptors (Lipinski definition) is 4. The van der Waals surface area contributed by atoms with Crippen LogP contribution in [0.15, 0.2) is 70.6 Å². The molecule has 152 valence electrons. The second-order valence-electron chi connectivity index (χ2n) is 7.28. The minimum atomic E-state index is -0.408. The van der Waals surface area contributed by atoms with Crippen LogP contribution in [-0.2, 0) is 11.3 Å². The molecule has 0 aliphatic carbocycles. The second kappa shape index (κ2) is 8.32. The predicted molar refractivity (Wildman–Crippen MR) is 124 cm³/mol. The number of aromatic nitrogens is 2. The fraction of sp³-hybridized carbons (Fsp3) is 0.208. The fourth-order valence-corrected chi connectivity index (χ4v) is 4.32. The Morgan fingerprint density at radius 2 is 1.77 bits per heavy atom. The van der Waals surface area contributed by atoms with Gasteiger partial charge in [0.25, 0.3) is 5.56 Å². The molecule has 0 spiro atoms. The SMILES string of the molecule is CCn1c(S[C@H](C)C(=O)Nc2ccc(C)cc2)nc2cc3ccccc3cc2c1=O. The van der Waals surface area contributed by atoms with Crippen LogP contribution in [0.4, 0.5) is 5.69 Å². The van der Waals surface area contributed by atoms with Gasteiger partial charge < -0.3 is 5.32 Å². The lowest BCUT2D eigenvalue weighted by Gasteiger charge is -2.16. The molecule has 0 saturated carbocycles. The summed E-state index contributed by atoms with van der Waals surface area (Å²) >= 11 is 1.30. The van der Waals surface area contributed by atoms with E-state index in [2.05, 4.69) is 5.32 Å². The van der Waals surface area contributed by atoms with E-state index >= 15 is 0 Å². The lowest BCUT2D eigenvalue weighted by atomic mass is 10.1. The third-order valence-electron chi connectivity index (χ3n) is 5.07. The first-order chi connectivity index (χ1) is 14.5. The average molecular weight is 418 g/mol. The van der Waals surface area contributed by atoms with Gasteiger partial charge in [-0.2, -0.15) is 0 Å². The molecule has 0 fully saturated rings. The molecule has 0 saturated heterocycles. The fourth-order valence-electron chi connectivity index (χ4n) is 3.35. The number of rotatable bonds is 5. The van der Waals surface area contributed by atoms with E-state index in [0.29, 0.717) is 22.6 Å². The van der Waals surface area contributed by atoms with E-state index in [1.165, 1.54) is 11.8 Å². The van der Waals surface area contributed by atoms with Crippen molar-refractivity contribution in [3.8, 4) is 0 Å². The summed E-state index contributed by atoms with van der Waals surface area (Å²) in [5.74, 6) is -0.126. The predicted octanol–water partition coefficient (Wildman–Crippen LogP) is 5.00. The molecule has 0 unspecified atom stereocenters. The van der Waals surface area contributed by atoms with Crippen LogP contribution in [0.25, 0.3) is 21.7 Å². The van der Waals surface area contributed by atoms with Crippen molar-refractivity contribution in [2.24, 2.45) is 0 Å². The molecule has 4 rings (SSSR count). The Hall–Kier alpha value is -3.12. The maximum Gasteiger partial charge on any atom is 0.262 e. The number of carbonyl (C=O) groups excluding carboxylic acids is 1. The first-order valence-electron chi connectivity index (χ1n) is 9.94. The molecular weight excluding hydrogens is 394 g/mol. The van der Waals surface area contributed by atoms with Crippen molar-refractivity contribution in [2.45, 2.75) is 37.7 Å². The summed E-state index contributed by atoms with van der Waals surface area (Å²) in [6.07, 6.45) is 0. The Morgan fingerprint density at radius 3 is 2.43 bits per heavy atom. The smallest absolute Gasteiger partial charge is 0.262 e. The minimum Gasteiger partial charge on any atom is -0.325 e. The van der Waals surface area contributed by atoms with Crippen molar-refractivity contribution >= 4 is 45.0 Å². The number of carbonyl (C=O) groups is 1. The molecule has 3 aromatic carbocycles. The van der Waals surface area contributed by atoms with Gasteiger partial charge in [0.2, 0.25) is 5.91 Å². The molecule has 0 aliphatic rings. The summed E-state index contributed by atoms with van der Waals surface area (Å²) in [5, 5.41) is 5.71. The van der Waals surface area contributed by atoms with Gasteiger partial charge in [0, 0.05) is 12.2 Å². The van der Waals surface area contributed by atoms with Gasteiger partial charge in [-0.15, -0.1) is 0 Å². The topological polar surface area (TPSA) is 64.0 Å². The summed E-state index contributed by atoms with van der Waals surface area (Å²) in [6.45, 7) is 6.23. The van der Waals surface area contributed by atoms with Crippen LogP contribution in [0.2, 0.25) is 0 Å². The molecule has 0 aliphatic heterocycles. The molecule has 4 aromatic rings. The summed E-state index contributed by atoms with van der Waals surface area (Å²) in [4.78, 5) is 30.5. The molecule has 0 radical (unpaired) electrons. The van der Waals surface area contributed by atoms with E-state index in [1.54, 1.807) is 4.57 Å². The van der Waals surface area contributed by atoms with Gasteiger partial charge in [-0.3, -0.25) is 14.2 Å². The van der Waals surface area contributed by atoms with Gasteiger partial charge >= 0.3 is 0 Å². The molecule has 1 heterocycles. The van der Waals surface area contributed by atoms with E-state index in [-0.39, 0.29) is 11.5 Å². The molecular formula is C24H23N3O2S. The highest BCUT2D eigenvalue weighted by Crippen LogP contribution is 2.26. The highest BCUT2D eigenvalue weighted by molar-refractivity contribution is 8.00. The van der Waals surface area contributed by atoms with E-state index in [4.69, 9.17) is 4.98 Å². The number of thioether (sulfide) groups is 1. The lowest BCUT2D eigenvalue weighted by molar-refractivity contribution is -0.115. The molecule has 0 bridgehead atoms. The zero-order valence-electron chi connectivity index (χ0n) is 17.2. The summed E-state index contributed by atoms with van der Waals surface area (Å²) < 4.78 is 1.64. The van der Waals surface area contributed by atoms with Crippen molar-refractivity contribution in [1.29, 1.82) is 0 Å². The highest BCUT2D eigenvalue weighted by atomic mass is 32.2. The number of nitrogens with zero attached hydrogens (tertiary/aromatic N) is 2. The van der Waals surface area contributed by atoms with E-state index in [9.17, 15) is 9.59 Å². The van der Waals surface area contributed by atoms with Crippen LogP contribution < -0.4 is 10.9 Å². The Balaban J connectivity index is 1.67. The first kappa shape index (κ1) is 20.2. The number of amides is 1. The Bertz CT molecular complexity index is 1300. The molecule has 30 heavy (non-hydrogen) atoms. The molecule has 1 amide bonds. The summed E-state index contributed by atoms with van der Waals surface area (Å²) in [5.41, 5.74) is 2.46. The van der Waals surface area contributed by atoms with Gasteiger partial charge in [0.15, 0.2) is 5.16 Å². The number of nitrogens with one attached hydrogen (secondary N) is 1. The van der Waals surface area contributed by atoms with Crippen molar-refractivity contribution in [1.82, 2.24) is 9.55 Å². The Morgan fingerprint density at radius 1 is 1.10 bits per heavy atom. The number of anilines is 1. The number of hydrogen-bond donors (Lipinski definition) is 1. The van der Waals surface area contributed by atoms with Crippen LogP contribution in [0.1, 0.15) is 19.4 Å². The normalized spacial score (nSPS) is 12.2. The van der Waals surface area contributed by atoms with Crippen LogP contribution in [0, 0.1) is 6.92 Å². The minimum absolute atomic E-state index is 0.0816. The van der Waals surface area contributed by atoms with Crippen molar-refractivity contribution in [2.75, 3.05) is 5.32 Å². The quantitative estimate of drug-likeness (QED) is 0.282. The molecule has 1 aromatic heterocycles. The summed E-state index contributed by atoms with van der Waals surface area (Å²) in [7, 11) is 0. The largest absolute Gasteiger partial charge is 0.325 e. The lowest BCUT2D eigenvalue weighted by Crippen LogP contribution is -2.26. The van der Waals surface area contributed by atoms with E-state index in [0.717, 1.165) is 22.0 Å². The molecule has 1 atom stereocenters. The van der Waals surface area contributed by atoms with Crippen LogP contribution in [0.5, 0.6) is 0 Å². The van der Waals surface area contributed by atoms with Crippen LogP contribution in [-0.4, -0.2) is 20.7 Å². The first-order valence-corrected chi connectivity index (χ1v) is 10.8. The maximum absolute atomic E-state index is 13.1. The van der Waals surface area contributed by atoms with Crippen molar-refractivity contribution < 1.29 is 4.79 Å². The Kier molecular flexibility index (Phi) is 5.59. The number of aryl methyl sites for hydroxylation is 1. The molecule has 1 N–H and O–H groups in total. The second-order valence-corrected chi connectivity index (χ2v) is 8.58. The van der Waals surface area contributed by atoms with Gasteiger partial charge in [-0.05, 0) is 55.8 Å². The monoisotopic (exact) mass is 417 g/mol. The Labute approximate surface area is 179 Å². The van der Waals surface area contributed by atoms with Crippen molar-refractivity contribution in [3.63, 3.8) is 0 Å². The molecule has 6 heteroatoms. The van der Waals surface area contributed by atoms with Crippen LogP contribution >= 0.6 is 11.8 Å². The van der Waals surface area contributed by atoms with Gasteiger partial charge in [-0.25, -0.2) is 4.98 Å². The van der Waals surface area contributed by atoms with Gasteiger partial charge in [0.05, 0.1) is 16.2 Å². The average Bonchev–Trinajstić information content (AvgIpc) is 2.74. The standard InChI is InChI=1S/C24H23N3O2S/c1-4-27-23(29)20-13-17-7-5-6-8-18(17)14-21(20)26-24(27)30-16(3)22(28)25-19-11-9-15(2)10-12-19/h5-14,16H,4H2,1-3H3,(H,25,28)/t16-/m1/s1. The van der Waals surface area contributed by atoms with Crippen LogP contribution in [0.3, 0.4) is 0 Å².